The second-order valence-corrected chi connectivity index (χ2v) is 6.74. The van der Waals surface area contributed by atoms with Crippen molar-refractivity contribution in [1.82, 2.24) is 19.5 Å². The summed E-state index contributed by atoms with van der Waals surface area (Å²) in [5.41, 5.74) is 1.68. The first-order valence-electron chi connectivity index (χ1n) is 9.29. The first-order valence-corrected chi connectivity index (χ1v) is 9.29. The summed E-state index contributed by atoms with van der Waals surface area (Å²) in [4.78, 5) is 16.3. The molecule has 0 atom stereocenters. The smallest absolute Gasteiger partial charge is 0.229 e. The quantitative estimate of drug-likeness (QED) is 0.849. The highest BCUT2D eigenvalue weighted by atomic mass is 16.5. The van der Waals surface area contributed by atoms with Crippen molar-refractivity contribution >= 4 is 22.9 Å². The summed E-state index contributed by atoms with van der Waals surface area (Å²) >= 11 is 0. The summed E-state index contributed by atoms with van der Waals surface area (Å²) in [6.45, 7) is 3.49. The van der Waals surface area contributed by atoms with Crippen molar-refractivity contribution in [1.29, 1.82) is 0 Å². The maximum atomic E-state index is 9.17. The largest absolute Gasteiger partial charge is 0.395 e. The van der Waals surface area contributed by atoms with E-state index in [1.54, 1.807) is 0 Å². The van der Waals surface area contributed by atoms with Gasteiger partial charge in [-0.2, -0.15) is 9.97 Å². The van der Waals surface area contributed by atoms with E-state index in [0.29, 0.717) is 37.6 Å². The van der Waals surface area contributed by atoms with Crippen LogP contribution in [0.2, 0.25) is 0 Å². The van der Waals surface area contributed by atoms with E-state index in [2.05, 4.69) is 24.8 Å². The van der Waals surface area contributed by atoms with Crippen LogP contribution in [0.3, 0.4) is 0 Å². The van der Waals surface area contributed by atoms with Crippen LogP contribution in [-0.4, -0.2) is 64.1 Å². The van der Waals surface area contributed by atoms with Gasteiger partial charge >= 0.3 is 0 Å². The van der Waals surface area contributed by atoms with Crippen molar-refractivity contribution in [3.8, 4) is 0 Å². The SMILES string of the molecule is OCCNc1nc(N2CCOCC2)nc2c1ncn2C1CCCCC1. The van der Waals surface area contributed by atoms with Gasteiger partial charge in [0, 0.05) is 25.7 Å². The molecule has 8 nitrogen and oxygen atoms in total. The molecule has 0 aromatic carbocycles. The summed E-state index contributed by atoms with van der Waals surface area (Å²) in [5, 5.41) is 12.4. The monoisotopic (exact) mass is 346 g/mol. The highest BCUT2D eigenvalue weighted by molar-refractivity contribution is 5.84. The zero-order chi connectivity index (χ0) is 17.1. The molecule has 0 radical (unpaired) electrons. The number of imidazole rings is 1. The van der Waals surface area contributed by atoms with Crippen molar-refractivity contribution in [2.45, 2.75) is 38.1 Å². The molecule has 0 spiro atoms. The van der Waals surface area contributed by atoms with Crippen molar-refractivity contribution in [2.24, 2.45) is 0 Å². The minimum absolute atomic E-state index is 0.0573. The van der Waals surface area contributed by atoms with E-state index in [-0.39, 0.29) is 6.61 Å². The number of nitrogens with zero attached hydrogens (tertiary/aromatic N) is 5. The maximum absolute atomic E-state index is 9.17. The molecule has 8 heteroatoms. The molecule has 3 heterocycles. The number of hydrogen-bond acceptors (Lipinski definition) is 7. The zero-order valence-electron chi connectivity index (χ0n) is 14.5. The number of rotatable bonds is 5. The Kier molecular flexibility index (Phi) is 4.98. The molecule has 25 heavy (non-hydrogen) atoms. The van der Waals surface area contributed by atoms with Gasteiger partial charge in [-0.3, -0.25) is 0 Å². The Bertz CT molecular complexity index is 706. The Hall–Kier alpha value is -1.93. The number of hydrogen-bond donors (Lipinski definition) is 2. The van der Waals surface area contributed by atoms with E-state index in [1.165, 1.54) is 32.1 Å². The minimum atomic E-state index is 0.0573. The van der Waals surface area contributed by atoms with E-state index in [4.69, 9.17) is 14.8 Å². The van der Waals surface area contributed by atoms with E-state index in [0.717, 1.165) is 24.3 Å². The minimum Gasteiger partial charge on any atom is -0.395 e. The van der Waals surface area contributed by atoms with Crippen LogP contribution in [0, 0.1) is 0 Å². The number of anilines is 2. The molecule has 1 saturated heterocycles. The van der Waals surface area contributed by atoms with E-state index in [9.17, 15) is 0 Å². The second-order valence-electron chi connectivity index (χ2n) is 6.74. The molecule has 4 rings (SSSR count). The Labute approximate surface area is 147 Å². The molecule has 2 aromatic heterocycles. The highest BCUT2D eigenvalue weighted by Crippen LogP contribution is 2.32. The van der Waals surface area contributed by atoms with Gasteiger partial charge in [-0.1, -0.05) is 19.3 Å². The number of aliphatic hydroxyl groups excluding tert-OH is 1. The second kappa shape index (κ2) is 7.53. The van der Waals surface area contributed by atoms with Crippen LogP contribution < -0.4 is 10.2 Å². The topological polar surface area (TPSA) is 88.3 Å². The third-order valence-electron chi connectivity index (χ3n) is 5.08. The third-order valence-corrected chi connectivity index (χ3v) is 5.08. The van der Waals surface area contributed by atoms with Crippen LogP contribution >= 0.6 is 0 Å². The predicted molar refractivity (Wildman–Crippen MR) is 96.1 cm³/mol. The van der Waals surface area contributed by atoms with Crippen LogP contribution in [0.1, 0.15) is 38.1 Å². The lowest BCUT2D eigenvalue weighted by atomic mass is 9.95. The maximum Gasteiger partial charge on any atom is 0.229 e. The molecular weight excluding hydrogens is 320 g/mol. The standard InChI is InChI=1S/C17H26N6O2/c24-9-6-18-15-14-16(21-17(20-15)22-7-10-25-11-8-22)23(12-19-14)13-4-2-1-3-5-13/h12-13,24H,1-11H2,(H,18,20,21). The number of aliphatic hydroxyl groups is 1. The van der Waals surface area contributed by atoms with Crippen LogP contribution in [-0.2, 0) is 4.74 Å². The summed E-state index contributed by atoms with van der Waals surface area (Å²) in [5.74, 6) is 1.42. The van der Waals surface area contributed by atoms with Crippen molar-refractivity contribution in [2.75, 3.05) is 49.7 Å². The summed E-state index contributed by atoms with van der Waals surface area (Å²) in [6, 6.07) is 0.469. The summed E-state index contributed by atoms with van der Waals surface area (Å²) < 4.78 is 7.67. The van der Waals surface area contributed by atoms with Crippen LogP contribution in [0.25, 0.3) is 11.2 Å². The molecule has 2 aliphatic rings. The lowest BCUT2D eigenvalue weighted by Crippen LogP contribution is -2.37. The number of fused-ring (bicyclic) bond motifs is 1. The number of morpholine rings is 1. The number of nitrogens with one attached hydrogen (secondary N) is 1. The fraction of sp³-hybridized carbons (Fsp3) is 0.706. The molecule has 2 fully saturated rings. The Balaban J connectivity index is 1.74. The average molecular weight is 346 g/mol. The van der Waals surface area contributed by atoms with Gasteiger partial charge in [-0.25, -0.2) is 4.98 Å². The number of aromatic nitrogens is 4. The summed E-state index contributed by atoms with van der Waals surface area (Å²) in [7, 11) is 0. The molecule has 0 amide bonds. The third kappa shape index (κ3) is 3.41. The highest BCUT2D eigenvalue weighted by Gasteiger charge is 2.22. The normalized spacial score (nSPS) is 19.5. The van der Waals surface area contributed by atoms with Crippen LogP contribution in [0.4, 0.5) is 11.8 Å². The van der Waals surface area contributed by atoms with Crippen molar-refractivity contribution < 1.29 is 9.84 Å². The van der Waals surface area contributed by atoms with Crippen LogP contribution in [0.5, 0.6) is 0 Å². The molecule has 1 saturated carbocycles. The zero-order valence-corrected chi connectivity index (χ0v) is 14.5. The molecule has 1 aliphatic heterocycles. The first-order chi connectivity index (χ1) is 12.4. The van der Waals surface area contributed by atoms with Crippen LogP contribution in [0.15, 0.2) is 6.33 Å². The lowest BCUT2D eigenvalue weighted by Gasteiger charge is -2.27. The van der Waals surface area contributed by atoms with Gasteiger partial charge in [0.05, 0.1) is 26.1 Å². The predicted octanol–water partition coefficient (Wildman–Crippen LogP) is 1.57. The molecule has 2 N–H and O–H groups in total. The van der Waals surface area contributed by atoms with E-state index in [1.807, 2.05) is 6.33 Å². The van der Waals surface area contributed by atoms with Crippen molar-refractivity contribution in [3.63, 3.8) is 0 Å². The molecule has 0 bridgehead atoms. The lowest BCUT2D eigenvalue weighted by molar-refractivity contribution is 0.122. The van der Waals surface area contributed by atoms with Gasteiger partial charge in [0.25, 0.3) is 0 Å². The molecule has 136 valence electrons. The first kappa shape index (κ1) is 16.5. The molecule has 2 aromatic rings. The molecule has 1 aliphatic carbocycles. The molecular formula is C17H26N6O2. The van der Waals surface area contributed by atoms with Gasteiger partial charge < -0.3 is 24.6 Å². The van der Waals surface area contributed by atoms with Crippen molar-refractivity contribution in [3.05, 3.63) is 6.33 Å². The Morgan fingerprint density at radius 2 is 1.96 bits per heavy atom. The van der Waals surface area contributed by atoms with Gasteiger partial charge in [0.1, 0.15) is 0 Å². The fourth-order valence-electron chi connectivity index (χ4n) is 3.73. The molecule has 0 unspecified atom stereocenters. The van der Waals surface area contributed by atoms with Gasteiger partial charge in [-0.15, -0.1) is 0 Å². The van der Waals surface area contributed by atoms with Gasteiger partial charge in [0.15, 0.2) is 17.0 Å². The van der Waals surface area contributed by atoms with E-state index < -0.39 is 0 Å². The summed E-state index contributed by atoms with van der Waals surface area (Å²) in [6.07, 6.45) is 8.12. The van der Waals surface area contributed by atoms with E-state index >= 15 is 0 Å². The number of ether oxygens (including phenoxy) is 1. The average Bonchev–Trinajstić information content (AvgIpc) is 3.11. The fourth-order valence-corrected chi connectivity index (χ4v) is 3.73. The Morgan fingerprint density at radius 1 is 1.16 bits per heavy atom. The van der Waals surface area contributed by atoms with Gasteiger partial charge in [0.2, 0.25) is 5.95 Å². The van der Waals surface area contributed by atoms with Gasteiger partial charge in [-0.05, 0) is 12.8 Å². The Morgan fingerprint density at radius 3 is 2.72 bits per heavy atom.